The molecule has 106 valence electrons. The first-order valence-electron chi connectivity index (χ1n) is 6.08. The van der Waals surface area contributed by atoms with Crippen molar-refractivity contribution in [2.75, 3.05) is 31.4 Å². The van der Waals surface area contributed by atoms with Gasteiger partial charge in [-0.05, 0) is 13.8 Å². The van der Waals surface area contributed by atoms with Crippen LogP contribution in [0.1, 0.15) is 19.7 Å². The molecular formula is C12H20N4O3. The third-order valence-electron chi connectivity index (χ3n) is 2.38. The minimum Gasteiger partial charge on any atom is -0.467 e. The standard InChI is InChI=1S/C12H20N4O3/c1-5-19-7-11-15-9(13-3)6-10(16-11)14-8(2)12(17)18-4/h6,8H,5,7H2,1-4H3,(H2,13,14,15,16). The van der Waals surface area contributed by atoms with Gasteiger partial charge in [-0.25, -0.2) is 14.8 Å². The molecule has 0 radical (unpaired) electrons. The average molecular weight is 268 g/mol. The van der Waals surface area contributed by atoms with E-state index < -0.39 is 6.04 Å². The van der Waals surface area contributed by atoms with Gasteiger partial charge in [-0.1, -0.05) is 0 Å². The number of carbonyl (C=O) groups is 1. The van der Waals surface area contributed by atoms with Crippen molar-refractivity contribution in [2.24, 2.45) is 0 Å². The molecule has 7 nitrogen and oxygen atoms in total. The van der Waals surface area contributed by atoms with E-state index in [0.717, 1.165) is 0 Å². The van der Waals surface area contributed by atoms with Gasteiger partial charge in [0.05, 0.1) is 7.11 Å². The molecule has 0 aliphatic rings. The van der Waals surface area contributed by atoms with Gasteiger partial charge in [-0.2, -0.15) is 0 Å². The fourth-order valence-corrected chi connectivity index (χ4v) is 1.41. The zero-order valence-corrected chi connectivity index (χ0v) is 11.7. The maximum absolute atomic E-state index is 11.4. The van der Waals surface area contributed by atoms with Crippen LogP contribution in [-0.4, -0.2) is 42.7 Å². The van der Waals surface area contributed by atoms with Gasteiger partial charge in [0.1, 0.15) is 24.3 Å². The highest BCUT2D eigenvalue weighted by Crippen LogP contribution is 2.13. The van der Waals surface area contributed by atoms with E-state index in [1.165, 1.54) is 7.11 Å². The van der Waals surface area contributed by atoms with Crippen molar-refractivity contribution >= 4 is 17.6 Å². The molecule has 0 spiro atoms. The Morgan fingerprint density at radius 1 is 1.42 bits per heavy atom. The first-order chi connectivity index (χ1) is 9.10. The summed E-state index contributed by atoms with van der Waals surface area (Å²) in [5.74, 6) is 1.40. The van der Waals surface area contributed by atoms with Crippen LogP contribution in [0.2, 0.25) is 0 Å². The highest BCUT2D eigenvalue weighted by atomic mass is 16.5. The van der Waals surface area contributed by atoms with Crippen LogP contribution < -0.4 is 10.6 Å². The van der Waals surface area contributed by atoms with Gasteiger partial charge in [-0.3, -0.25) is 0 Å². The van der Waals surface area contributed by atoms with E-state index in [1.54, 1.807) is 20.0 Å². The molecule has 0 fully saturated rings. The summed E-state index contributed by atoms with van der Waals surface area (Å²) in [5.41, 5.74) is 0. The number of nitrogens with one attached hydrogen (secondary N) is 2. The fourth-order valence-electron chi connectivity index (χ4n) is 1.41. The van der Waals surface area contributed by atoms with Crippen LogP contribution >= 0.6 is 0 Å². The molecule has 0 saturated carbocycles. The van der Waals surface area contributed by atoms with Crippen molar-refractivity contribution in [1.29, 1.82) is 0 Å². The minimum atomic E-state index is -0.482. The molecule has 0 amide bonds. The number of ether oxygens (including phenoxy) is 2. The molecule has 1 unspecified atom stereocenters. The van der Waals surface area contributed by atoms with Crippen LogP contribution in [-0.2, 0) is 20.9 Å². The lowest BCUT2D eigenvalue weighted by atomic mass is 10.3. The van der Waals surface area contributed by atoms with Gasteiger partial charge in [0.25, 0.3) is 0 Å². The summed E-state index contributed by atoms with van der Waals surface area (Å²) in [4.78, 5) is 19.9. The molecule has 0 aliphatic carbocycles. The topological polar surface area (TPSA) is 85.4 Å². The van der Waals surface area contributed by atoms with Gasteiger partial charge >= 0.3 is 5.97 Å². The first kappa shape index (κ1) is 15.2. The molecule has 0 aliphatic heterocycles. The van der Waals surface area contributed by atoms with Gasteiger partial charge in [0.15, 0.2) is 5.82 Å². The monoisotopic (exact) mass is 268 g/mol. The summed E-state index contributed by atoms with van der Waals surface area (Å²) in [5, 5.41) is 5.90. The lowest BCUT2D eigenvalue weighted by Gasteiger charge is -2.14. The second-order valence-corrected chi connectivity index (χ2v) is 3.83. The predicted octanol–water partition coefficient (Wildman–Crippen LogP) is 1.03. The molecule has 1 rings (SSSR count). The molecule has 0 bridgehead atoms. The summed E-state index contributed by atoms with van der Waals surface area (Å²) in [6.45, 7) is 4.53. The van der Waals surface area contributed by atoms with Gasteiger partial charge in [0, 0.05) is 19.7 Å². The highest BCUT2D eigenvalue weighted by Gasteiger charge is 2.14. The van der Waals surface area contributed by atoms with Crippen LogP contribution in [0.3, 0.4) is 0 Å². The maximum Gasteiger partial charge on any atom is 0.328 e. The van der Waals surface area contributed by atoms with Crippen LogP contribution in [0.15, 0.2) is 6.07 Å². The van der Waals surface area contributed by atoms with Crippen LogP contribution in [0.25, 0.3) is 0 Å². The third kappa shape index (κ3) is 4.70. The third-order valence-corrected chi connectivity index (χ3v) is 2.38. The molecule has 1 heterocycles. The fraction of sp³-hybridized carbons (Fsp3) is 0.583. The Morgan fingerprint density at radius 2 is 2.11 bits per heavy atom. The smallest absolute Gasteiger partial charge is 0.328 e. The van der Waals surface area contributed by atoms with E-state index in [9.17, 15) is 4.79 Å². The number of rotatable bonds is 7. The zero-order chi connectivity index (χ0) is 14.3. The molecule has 19 heavy (non-hydrogen) atoms. The van der Waals surface area contributed by atoms with Crippen molar-refractivity contribution in [3.05, 3.63) is 11.9 Å². The van der Waals surface area contributed by atoms with E-state index in [4.69, 9.17) is 4.74 Å². The number of hydrogen-bond donors (Lipinski definition) is 2. The summed E-state index contributed by atoms with van der Waals surface area (Å²) in [6.07, 6.45) is 0. The molecule has 2 N–H and O–H groups in total. The zero-order valence-electron chi connectivity index (χ0n) is 11.7. The van der Waals surface area contributed by atoms with E-state index in [-0.39, 0.29) is 5.97 Å². The lowest BCUT2D eigenvalue weighted by Crippen LogP contribution is -2.27. The van der Waals surface area contributed by atoms with Crippen LogP contribution in [0.4, 0.5) is 11.6 Å². The van der Waals surface area contributed by atoms with E-state index in [2.05, 4.69) is 25.3 Å². The summed E-state index contributed by atoms with van der Waals surface area (Å²) in [7, 11) is 3.11. The predicted molar refractivity (Wildman–Crippen MR) is 72.0 cm³/mol. The Balaban J connectivity index is 2.84. The Labute approximate surface area is 112 Å². The number of aromatic nitrogens is 2. The number of anilines is 2. The normalized spacial score (nSPS) is 11.8. The number of hydrogen-bond acceptors (Lipinski definition) is 7. The van der Waals surface area contributed by atoms with Crippen LogP contribution in [0.5, 0.6) is 0 Å². The number of methoxy groups -OCH3 is 1. The number of carbonyl (C=O) groups excluding carboxylic acids is 1. The second-order valence-electron chi connectivity index (χ2n) is 3.83. The quantitative estimate of drug-likeness (QED) is 0.714. The molecule has 1 aromatic rings. The Bertz CT molecular complexity index is 425. The van der Waals surface area contributed by atoms with Gasteiger partial charge in [-0.15, -0.1) is 0 Å². The van der Waals surface area contributed by atoms with E-state index >= 15 is 0 Å². The van der Waals surface area contributed by atoms with Crippen molar-refractivity contribution < 1.29 is 14.3 Å². The van der Waals surface area contributed by atoms with Crippen molar-refractivity contribution in [3.63, 3.8) is 0 Å². The van der Waals surface area contributed by atoms with E-state index in [0.29, 0.717) is 30.7 Å². The first-order valence-corrected chi connectivity index (χ1v) is 6.08. The second kappa shape index (κ2) is 7.52. The summed E-state index contributed by atoms with van der Waals surface area (Å²) >= 11 is 0. The summed E-state index contributed by atoms with van der Waals surface area (Å²) < 4.78 is 9.93. The molecule has 1 atom stereocenters. The van der Waals surface area contributed by atoms with Gasteiger partial charge < -0.3 is 20.1 Å². The Hall–Kier alpha value is -1.89. The Morgan fingerprint density at radius 3 is 2.68 bits per heavy atom. The average Bonchev–Trinajstić information content (AvgIpc) is 2.43. The van der Waals surface area contributed by atoms with E-state index in [1.807, 2.05) is 6.92 Å². The van der Waals surface area contributed by atoms with Gasteiger partial charge in [0.2, 0.25) is 0 Å². The lowest BCUT2D eigenvalue weighted by molar-refractivity contribution is -0.141. The highest BCUT2D eigenvalue weighted by molar-refractivity contribution is 5.78. The molecule has 7 heteroatoms. The molecular weight excluding hydrogens is 248 g/mol. The maximum atomic E-state index is 11.4. The van der Waals surface area contributed by atoms with Crippen molar-refractivity contribution in [1.82, 2.24) is 9.97 Å². The molecule has 0 aromatic carbocycles. The summed E-state index contributed by atoms with van der Waals surface area (Å²) in [6, 6.07) is 1.24. The Kier molecular flexibility index (Phi) is 6.01. The van der Waals surface area contributed by atoms with Crippen molar-refractivity contribution in [3.8, 4) is 0 Å². The molecule has 1 aromatic heterocycles. The number of nitrogens with zero attached hydrogens (tertiary/aromatic N) is 2. The van der Waals surface area contributed by atoms with Crippen LogP contribution in [0, 0.1) is 0 Å². The minimum absolute atomic E-state index is 0.327. The molecule has 0 saturated heterocycles. The number of esters is 1. The van der Waals surface area contributed by atoms with Crippen molar-refractivity contribution in [2.45, 2.75) is 26.5 Å². The SMILES string of the molecule is CCOCc1nc(NC)cc(NC(C)C(=O)OC)n1. The largest absolute Gasteiger partial charge is 0.467 e.